The number of benzene rings is 1. The summed E-state index contributed by atoms with van der Waals surface area (Å²) in [5, 5.41) is 2.87. The van der Waals surface area contributed by atoms with Crippen LogP contribution in [0.3, 0.4) is 0 Å². The van der Waals surface area contributed by atoms with E-state index in [1.54, 1.807) is 13.0 Å². The van der Waals surface area contributed by atoms with Crippen LogP contribution in [0.15, 0.2) is 36.9 Å². The van der Waals surface area contributed by atoms with Gasteiger partial charge in [-0.1, -0.05) is 24.8 Å². The highest BCUT2D eigenvalue weighted by molar-refractivity contribution is 7.91. The summed E-state index contributed by atoms with van der Waals surface area (Å²) in [5.41, 5.74) is 0.414. The number of likely N-dealkylation sites (N-methyl/N-ethyl adjacent to an activating group) is 1. The molecule has 0 bridgehead atoms. The summed E-state index contributed by atoms with van der Waals surface area (Å²) >= 11 is 0. The fourth-order valence-electron chi connectivity index (χ4n) is 2.94. The van der Waals surface area contributed by atoms with Crippen molar-refractivity contribution in [2.45, 2.75) is 25.4 Å². The lowest BCUT2D eigenvalue weighted by Gasteiger charge is -2.25. The molecular weight excluding hydrogens is 340 g/mol. The second kappa shape index (κ2) is 8.01. The number of nitrogens with zero attached hydrogens (tertiary/aromatic N) is 1. The van der Waals surface area contributed by atoms with Crippen molar-refractivity contribution in [1.82, 2.24) is 10.2 Å². The molecule has 0 unspecified atom stereocenters. The van der Waals surface area contributed by atoms with Gasteiger partial charge in [-0.25, -0.2) is 8.42 Å². The number of hydrogen-bond acceptors (Lipinski definition) is 5. The van der Waals surface area contributed by atoms with Crippen LogP contribution in [0, 0.1) is 0 Å². The zero-order valence-electron chi connectivity index (χ0n) is 14.8. The van der Waals surface area contributed by atoms with Gasteiger partial charge in [0.1, 0.15) is 12.4 Å². The van der Waals surface area contributed by atoms with Gasteiger partial charge < -0.3 is 10.1 Å². The van der Waals surface area contributed by atoms with Crippen molar-refractivity contribution in [3.8, 4) is 5.75 Å². The van der Waals surface area contributed by atoms with Crippen molar-refractivity contribution < 1.29 is 17.9 Å². The molecule has 1 aromatic carbocycles. The molecule has 1 fully saturated rings. The average molecular weight is 366 g/mol. The first-order valence-electron chi connectivity index (χ1n) is 8.24. The summed E-state index contributed by atoms with van der Waals surface area (Å²) in [6.07, 6.45) is 2.16. The Morgan fingerprint density at radius 1 is 1.40 bits per heavy atom. The maximum absolute atomic E-state index is 12.2. The van der Waals surface area contributed by atoms with E-state index in [9.17, 15) is 13.2 Å². The first kappa shape index (κ1) is 19.5. The molecule has 7 heteroatoms. The Kier molecular flexibility index (Phi) is 6.24. The molecule has 0 aliphatic carbocycles. The van der Waals surface area contributed by atoms with Crippen LogP contribution in [0.5, 0.6) is 5.75 Å². The third-order valence-corrected chi connectivity index (χ3v) is 6.00. The molecule has 1 aromatic rings. The van der Waals surface area contributed by atoms with Gasteiger partial charge in [0.2, 0.25) is 5.91 Å². The molecule has 0 aromatic heterocycles. The Labute approximate surface area is 149 Å². The molecule has 0 spiro atoms. The molecule has 2 rings (SSSR count). The SMILES string of the molecule is C=CCOc1ccc(CN(C)CC(=O)N[C@]2(C)CCS(=O)(=O)C2)cc1. The number of ether oxygens (including phenoxy) is 1. The van der Waals surface area contributed by atoms with Crippen LogP contribution in [0.2, 0.25) is 0 Å². The standard InChI is InChI=1S/C18H26N2O4S/c1-4-10-24-16-7-5-15(6-8-16)12-20(3)13-17(21)19-18(2)9-11-25(22,23)14-18/h4-8H,1,9-14H2,2-3H3,(H,19,21)/t18-/m1/s1. The number of nitrogens with one attached hydrogen (secondary N) is 1. The van der Waals surface area contributed by atoms with Crippen molar-refractivity contribution in [1.29, 1.82) is 0 Å². The monoisotopic (exact) mass is 366 g/mol. The highest BCUT2D eigenvalue weighted by Crippen LogP contribution is 2.22. The molecule has 1 aliphatic rings. The highest BCUT2D eigenvalue weighted by Gasteiger charge is 2.39. The van der Waals surface area contributed by atoms with E-state index in [2.05, 4.69) is 11.9 Å². The van der Waals surface area contributed by atoms with Gasteiger partial charge in [0.05, 0.1) is 23.6 Å². The second-order valence-electron chi connectivity index (χ2n) is 6.87. The van der Waals surface area contributed by atoms with E-state index in [0.717, 1.165) is 11.3 Å². The van der Waals surface area contributed by atoms with Crippen LogP contribution < -0.4 is 10.1 Å². The minimum atomic E-state index is -3.03. The Balaban J connectivity index is 1.82. The molecule has 1 atom stereocenters. The quantitative estimate of drug-likeness (QED) is 0.704. The van der Waals surface area contributed by atoms with Gasteiger partial charge in [-0.2, -0.15) is 0 Å². The van der Waals surface area contributed by atoms with E-state index in [1.807, 2.05) is 36.2 Å². The molecule has 0 saturated carbocycles. The smallest absolute Gasteiger partial charge is 0.234 e. The topological polar surface area (TPSA) is 75.7 Å². The largest absolute Gasteiger partial charge is 0.490 e. The number of rotatable bonds is 8. The molecule has 138 valence electrons. The molecule has 25 heavy (non-hydrogen) atoms. The van der Waals surface area contributed by atoms with Crippen LogP contribution in [0.25, 0.3) is 0 Å². The Morgan fingerprint density at radius 2 is 2.08 bits per heavy atom. The molecule has 6 nitrogen and oxygen atoms in total. The van der Waals surface area contributed by atoms with E-state index in [4.69, 9.17) is 4.74 Å². The lowest BCUT2D eigenvalue weighted by atomic mass is 10.0. The summed E-state index contributed by atoms with van der Waals surface area (Å²) in [6, 6.07) is 7.68. The third-order valence-electron chi connectivity index (χ3n) is 4.10. The maximum atomic E-state index is 12.2. The van der Waals surface area contributed by atoms with Crippen LogP contribution >= 0.6 is 0 Å². The average Bonchev–Trinajstić information content (AvgIpc) is 2.79. The lowest BCUT2D eigenvalue weighted by molar-refractivity contribution is -0.123. The summed E-state index contributed by atoms with van der Waals surface area (Å²) in [7, 11) is -1.18. The Morgan fingerprint density at radius 3 is 2.64 bits per heavy atom. The normalized spacial score (nSPS) is 21.9. The molecule has 1 heterocycles. The van der Waals surface area contributed by atoms with Crippen LogP contribution in [0.4, 0.5) is 0 Å². The molecule has 0 radical (unpaired) electrons. The second-order valence-corrected chi connectivity index (χ2v) is 9.05. The van der Waals surface area contributed by atoms with Crippen molar-refractivity contribution in [2.75, 3.05) is 31.7 Å². The number of carbonyl (C=O) groups excluding carboxylic acids is 1. The van der Waals surface area contributed by atoms with Gasteiger partial charge in [0, 0.05) is 6.54 Å². The highest BCUT2D eigenvalue weighted by atomic mass is 32.2. The summed E-state index contributed by atoms with van der Waals surface area (Å²) in [4.78, 5) is 14.1. The van der Waals surface area contributed by atoms with Gasteiger partial charge in [0.15, 0.2) is 9.84 Å². The predicted molar refractivity (Wildman–Crippen MR) is 98.3 cm³/mol. The van der Waals surface area contributed by atoms with Crippen molar-refractivity contribution in [3.63, 3.8) is 0 Å². The number of sulfone groups is 1. The van der Waals surface area contributed by atoms with Gasteiger partial charge >= 0.3 is 0 Å². The molecule has 1 N–H and O–H groups in total. The number of carbonyl (C=O) groups is 1. The minimum absolute atomic E-state index is 0.0155. The van der Waals surface area contributed by atoms with Gasteiger partial charge in [-0.3, -0.25) is 9.69 Å². The van der Waals surface area contributed by atoms with E-state index < -0.39 is 15.4 Å². The molecule has 1 saturated heterocycles. The van der Waals surface area contributed by atoms with Crippen LogP contribution in [0.1, 0.15) is 18.9 Å². The predicted octanol–water partition coefficient (Wildman–Crippen LogP) is 1.38. The van der Waals surface area contributed by atoms with Gasteiger partial charge in [-0.15, -0.1) is 0 Å². The minimum Gasteiger partial charge on any atom is -0.490 e. The zero-order valence-corrected chi connectivity index (χ0v) is 15.6. The zero-order chi connectivity index (χ0) is 18.5. The fraction of sp³-hybridized carbons (Fsp3) is 0.500. The van der Waals surface area contributed by atoms with E-state index in [-0.39, 0.29) is 24.0 Å². The van der Waals surface area contributed by atoms with Crippen molar-refractivity contribution in [3.05, 3.63) is 42.5 Å². The summed E-state index contributed by atoms with van der Waals surface area (Å²) in [5.74, 6) is 0.772. The van der Waals surface area contributed by atoms with E-state index in [0.29, 0.717) is 19.6 Å². The van der Waals surface area contributed by atoms with Gasteiger partial charge in [0.25, 0.3) is 0 Å². The lowest BCUT2D eigenvalue weighted by Crippen LogP contribution is -2.49. The van der Waals surface area contributed by atoms with Crippen LogP contribution in [-0.2, 0) is 21.2 Å². The molecule has 1 amide bonds. The first-order valence-corrected chi connectivity index (χ1v) is 10.1. The maximum Gasteiger partial charge on any atom is 0.234 e. The molecule has 1 aliphatic heterocycles. The summed E-state index contributed by atoms with van der Waals surface area (Å²) in [6.45, 7) is 6.69. The Hall–Kier alpha value is -1.86. The van der Waals surface area contributed by atoms with Crippen molar-refractivity contribution >= 4 is 15.7 Å². The van der Waals surface area contributed by atoms with Crippen molar-refractivity contribution in [2.24, 2.45) is 0 Å². The Bertz CT molecular complexity index is 715. The third kappa shape index (κ3) is 6.17. The van der Waals surface area contributed by atoms with E-state index >= 15 is 0 Å². The van der Waals surface area contributed by atoms with Gasteiger partial charge in [-0.05, 0) is 38.1 Å². The summed E-state index contributed by atoms with van der Waals surface area (Å²) < 4.78 is 28.7. The number of amides is 1. The van der Waals surface area contributed by atoms with Crippen LogP contribution in [-0.4, -0.2) is 56.5 Å². The number of hydrogen-bond donors (Lipinski definition) is 1. The van der Waals surface area contributed by atoms with E-state index in [1.165, 1.54) is 0 Å². The first-order chi connectivity index (χ1) is 11.7. The molecular formula is C18H26N2O4S. The fourth-order valence-corrected chi connectivity index (χ4v) is 5.04.